The van der Waals surface area contributed by atoms with E-state index in [1.807, 2.05) is 13.8 Å². The number of carbonyl (C=O) groups is 1. The average Bonchev–Trinajstić information content (AvgIpc) is 3.02. The van der Waals surface area contributed by atoms with Gasteiger partial charge in [0.05, 0.1) is 28.2 Å². The Labute approximate surface area is 195 Å². The Morgan fingerprint density at radius 3 is 2.47 bits per heavy atom. The Hall–Kier alpha value is -3.01. The van der Waals surface area contributed by atoms with Crippen molar-refractivity contribution in [3.63, 3.8) is 0 Å². The van der Waals surface area contributed by atoms with Crippen molar-refractivity contribution in [2.45, 2.75) is 46.3 Å². The molecule has 0 amide bonds. The molecule has 1 aliphatic rings. The molecule has 3 aromatic rings. The summed E-state index contributed by atoms with van der Waals surface area (Å²) in [7, 11) is -3.08. The van der Waals surface area contributed by atoms with E-state index in [-0.39, 0.29) is 41.2 Å². The number of hydrogen-bond donors (Lipinski definition) is 0. The Kier molecular flexibility index (Phi) is 6.14. The molecule has 182 valence electrons. The SMILES string of the molecule is CCC(C)n1c(=O)n(-c2cccc(OC(F)F)c2)c2ccc(C(=O)CC3(C)CS(=O)(=O)C3)cc21. The summed E-state index contributed by atoms with van der Waals surface area (Å²) in [4.78, 5) is 26.4. The van der Waals surface area contributed by atoms with Gasteiger partial charge in [0, 0.05) is 29.5 Å². The van der Waals surface area contributed by atoms with Gasteiger partial charge in [0.1, 0.15) is 5.75 Å². The summed E-state index contributed by atoms with van der Waals surface area (Å²) >= 11 is 0. The third-order valence-electron chi connectivity index (χ3n) is 6.25. The molecular weight excluding hydrogens is 466 g/mol. The van der Waals surface area contributed by atoms with Crippen molar-refractivity contribution in [2.75, 3.05) is 11.5 Å². The molecule has 0 bridgehead atoms. The molecule has 34 heavy (non-hydrogen) atoms. The van der Waals surface area contributed by atoms with Crippen molar-refractivity contribution in [3.8, 4) is 11.4 Å². The molecule has 1 aromatic heterocycles. The number of Topliss-reactive ketones (excluding diaryl/α,β-unsaturated/α-hetero) is 1. The molecule has 0 saturated carbocycles. The van der Waals surface area contributed by atoms with Gasteiger partial charge in [-0.15, -0.1) is 0 Å². The molecule has 1 aliphatic heterocycles. The number of carbonyl (C=O) groups excluding carboxylic acids is 1. The highest BCUT2D eigenvalue weighted by Gasteiger charge is 2.45. The largest absolute Gasteiger partial charge is 0.435 e. The number of hydrogen-bond acceptors (Lipinski definition) is 5. The lowest BCUT2D eigenvalue weighted by molar-refractivity contribution is -0.0498. The van der Waals surface area contributed by atoms with Crippen molar-refractivity contribution in [1.29, 1.82) is 0 Å². The average molecular weight is 493 g/mol. The van der Waals surface area contributed by atoms with Crippen LogP contribution in [0.25, 0.3) is 16.7 Å². The van der Waals surface area contributed by atoms with E-state index in [1.165, 1.54) is 22.8 Å². The molecule has 7 nitrogen and oxygen atoms in total. The zero-order valence-electron chi connectivity index (χ0n) is 19.1. The topological polar surface area (TPSA) is 87.4 Å². The normalized spacial score (nSPS) is 17.5. The van der Waals surface area contributed by atoms with Gasteiger partial charge >= 0.3 is 12.3 Å². The van der Waals surface area contributed by atoms with Gasteiger partial charge in [-0.1, -0.05) is 19.9 Å². The fourth-order valence-electron chi connectivity index (χ4n) is 4.66. The second-order valence-electron chi connectivity index (χ2n) is 9.27. The monoisotopic (exact) mass is 492 g/mol. The molecule has 0 N–H and O–H groups in total. The number of imidazole rings is 1. The summed E-state index contributed by atoms with van der Waals surface area (Å²) in [5, 5.41) is 0. The number of sulfone groups is 1. The van der Waals surface area contributed by atoms with E-state index in [2.05, 4.69) is 4.74 Å². The molecule has 2 aromatic carbocycles. The number of alkyl halides is 2. The number of halogens is 2. The van der Waals surface area contributed by atoms with E-state index in [1.54, 1.807) is 35.8 Å². The molecule has 0 spiro atoms. The first-order valence-corrected chi connectivity index (χ1v) is 12.8. The van der Waals surface area contributed by atoms with Gasteiger partial charge in [-0.05, 0) is 43.7 Å². The van der Waals surface area contributed by atoms with Crippen molar-refractivity contribution in [3.05, 3.63) is 58.5 Å². The van der Waals surface area contributed by atoms with Gasteiger partial charge in [0.25, 0.3) is 0 Å². The highest BCUT2D eigenvalue weighted by Crippen LogP contribution is 2.37. The van der Waals surface area contributed by atoms with Crippen LogP contribution >= 0.6 is 0 Å². The Bertz CT molecular complexity index is 1410. The minimum Gasteiger partial charge on any atom is -0.435 e. The van der Waals surface area contributed by atoms with Crippen molar-refractivity contribution >= 4 is 26.7 Å². The predicted octanol–water partition coefficient (Wildman–Crippen LogP) is 4.37. The van der Waals surface area contributed by atoms with Gasteiger partial charge in [-0.3, -0.25) is 13.9 Å². The summed E-state index contributed by atoms with van der Waals surface area (Å²) in [6.07, 6.45) is 0.751. The van der Waals surface area contributed by atoms with Crippen LogP contribution in [0.5, 0.6) is 5.75 Å². The first kappa shape index (κ1) is 24.1. The maximum Gasteiger partial charge on any atom is 0.387 e. The highest BCUT2D eigenvalue weighted by molar-refractivity contribution is 7.92. The Morgan fingerprint density at radius 1 is 1.15 bits per heavy atom. The number of nitrogens with zero attached hydrogens (tertiary/aromatic N) is 2. The number of rotatable bonds is 8. The lowest BCUT2D eigenvalue weighted by Crippen LogP contribution is -2.47. The van der Waals surface area contributed by atoms with Crippen LogP contribution in [0.1, 0.15) is 50.0 Å². The zero-order valence-corrected chi connectivity index (χ0v) is 19.9. The van der Waals surface area contributed by atoms with Crippen LogP contribution in [-0.2, 0) is 9.84 Å². The minimum atomic E-state index is -3.08. The predicted molar refractivity (Wildman–Crippen MR) is 125 cm³/mol. The van der Waals surface area contributed by atoms with Crippen molar-refractivity contribution in [1.82, 2.24) is 9.13 Å². The first-order chi connectivity index (χ1) is 15.9. The standard InChI is InChI=1S/C24H26F2N2O5S/c1-4-15(2)27-20-10-16(21(29)12-24(3)13-34(31,32)14-24)8-9-19(20)28(23(27)30)17-6-5-7-18(11-17)33-22(25)26/h5-11,15,22H,4,12-14H2,1-3H3. The second-order valence-corrected chi connectivity index (χ2v) is 11.3. The van der Waals surface area contributed by atoms with E-state index in [0.29, 0.717) is 28.7 Å². The summed E-state index contributed by atoms with van der Waals surface area (Å²) in [5.41, 5.74) is 0.868. The maximum absolute atomic E-state index is 13.4. The van der Waals surface area contributed by atoms with Gasteiger partial charge in [0.15, 0.2) is 15.6 Å². The smallest absolute Gasteiger partial charge is 0.387 e. The zero-order chi connectivity index (χ0) is 24.8. The molecular formula is C24H26F2N2O5S. The van der Waals surface area contributed by atoms with Crippen LogP contribution < -0.4 is 10.4 Å². The summed E-state index contributed by atoms with van der Waals surface area (Å²) in [6, 6.07) is 10.6. The molecule has 1 atom stereocenters. The van der Waals surface area contributed by atoms with Crippen LogP contribution in [0.15, 0.2) is 47.3 Å². The van der Waals surface area contributed by atoms with Crippen LogP contribution in [-0.4, -0.2) is 41.5 Å². The number of ketones is 1. The van der Waals surface area contributed by atoms with E-state index in [4.69, 9.17) is 0 Å². The quantitative estimate of drug-likeness (QED) is 0.436. The molecule has 1 unspecified atom stereocenters. The van der Waals surface area contributed by atoms with Gasteiger partial charge < -0.3 is 4.74 Å². The van der Waals surface area contributed by atoms with Gasteiger partial charge in [0.2, 0.25) is 0 Å². The third-order valence-corrected chi connectivity index (χ3v) is 8.53. The van der Waals surface area contributed by atoms with Crippen LogP contribution in [0, 0.1) is 5.41 Å². The van der Waals surface area contributed by atoms with E-state index in [0.717, 1.165) is 0 Å². The molecule has 10 heteroatoms. The van der Waals surface area contributed by atoms with Crippen LogP contribution in [0.3, 0.4) is 0 Å². The first-order valence-electron chi connectivity index (χ1n) is 11.0. The number of aromatic nitrogens is 2. The molecule has 2 heterocycles. The second kappa shape index (κ2) is 8.65. The fourth-order valence-corrected chi connectivity index (χ4v) is 6.90. The maximum atomic E-state index is 13.4. The third kappa shape index (κ3) is 4.51. The molecule has 1 fully saturated rings. The lowest BCUT2D eigenvalue weighted by Gasteiger charge is -2.37. The summed E-state index contributed by atoms with van der Waals surface area (Å²) in [6.45, 7) is 2.61. The summed E-state index contributed by atoms with van der Waals surface area (Å²) in [5.74, 6) is -0.292. The Morgan fingerprint density at radius 2 is 1.85 bits per heavy atom. The van der Waals surface area contributed by atoms with E-state index >= 15 is 0 Å². The minimum absolute atomic E-state index is 0.0149. The van der Waals surface area contributed by atoms with Crippen LogP contribution in [0.4, 0.5) is 8.78 Å². The summed E-state index contributed by atoms with van der Waals surface area (Å²) < 4.78 is 56.1. The van der Waals surface area contributed by atoms with Crippen molar-refractivity contribution in [2.24, 2.45) is 5.41 Å². The number of benzene rings is 2. The molecule has 4 rings (SSSR count). The molecule has 1 saturated heterocycles. The van der Waals surface area contributed by atoms with E-state index < -0.39 is 21.9 Å². The highest BCUT2D eigenvalue weighted by atomic mass is 32.2. The molecule has 0 aliphatic carbocycles. The number of fused-ring (bicyclic) bond motifs is 1. The fraction of sp³-hybridized carbons (Fsp3) is 0.417. The van der Waals surface area contributed by atoms with Crippen molar-refractivity contribution < 1.29 is 26.7 Å². The Balaban J connectivity index is 1.80. The van der Waals surface area contributed by atoms with Gasteiger partial charge in [-0.25, -0.2) is 13.2 Å². The lowest BCUT2D eigenvalue weighted by atomic mass is 9.86. The number of ether oxygens (including phenoxy) is 1. The molecule has 0 radical (unpaired) electrons. The van der Waals surface area contributed by atoms with Crippen LogP contribution in [0.2, 0.25) is 0 Å². The van der Waals surface area contributed by atoms with E-state index in [9.17, 15) is 26.8 Å². The van der Waals surface area contributed by atoms with Gasteiger partial charge in [-0.2, -0.15) is 8.78 Å².